The Morgan fingerprint density at radius 2 is 1.95 bits per heavy atom. The summed E-state index contributed by atoms with van der Waals surface area (Å²) in [5.74, 6) is -0.240. The third kappa shape index (κ3) is 3.27. The molecule has 1 N–H and O–H groups in total. The van der Waals surface area contributed by atoms with Crippen molar-refractivity contribution in [3.8, 4) is 0 Å². The molecule has 2 rings (SSSR count). The summed E-state index contributed by atoms with van der Waals surface area (Å²) in [5, 5.41) is 7.59. The van der Waals surface area contributed by atoms with Gasteiger partial charge >= 0.3 is 0 Å². The van der Waals surface area contributed by atoms with Crippen LogP contribution in [0.15, 0.2) is 24.3 Å². The molecule has 0 spiro atoms. The minimum Gasteiger partial charge on any atom is -0.344 e. The van der Waals surface area contributed by atoms with E-state index in [0.717, 1.165) is 17.7 Å². The highest BCUT2D eigenvalue weighted by Gasteiger charge is 2.21. The van der Waals surface area contributed by atoms with E-state index < -0.39 is 0 Å². The molecule has 0 aliphatic carbocycles. The average Bonchev–Trinajstić information content (AvgIpc) is 2.73. The molecule has 0 radical (unpaired) electrons. The smallest absolute Gasteiger partial charge is 0.273 e. The van der Waals surface area contributed by atoms with Crippen molar-refractivity contribution in [3.63, 3.8) is 0 Å². The Hall–Kier alpha value is -1.81. The van der Waals surface area contributed by atoms with Crippen LogP contribution in [0.2, 0.25) is 5.02 Å². The van der Waals surface area contributed by atoms with E-state index in [-0.39, 0.29) is 17.6 Å². The van der Waals surface area contributed by atoms with Crippen LogP contribution in [0.5, 0.6) is 0 Å². The summed E-state index contributed by atoms with van der Waals surface area (Å²) in [5.41, 5.74) is 3.34. The molecule has 1 amide bonds. The first-order valence-electron chi connectivity index (χ1n) is 7.00. The van der Waals surface area contributed by atoms with Crippen molar-refractivity contribution in [2.45, 2.75) is 33.2 Å². The lowest BCUT2D eigenvalue weighted by Crippen LogP contribution is -2.28. The molecule has 1 atom stereocenters. The molecule has 0 bridgehead atoms. The molecular weight excluding hydrogens is 286 g/mol. The molecule has 0 aliphatic rings. The maximum absolute atomic E-state index is 12.4. The van der Waals surface area contributed by atoms with Crippen molar-refractivity contribution < 1.29 is 4.79 Å². The molecule has 0 fully saturated rings. The predicted octanol–water partition coefficient (Wildman–Crippen LogP) is 3.57. The molecular formula is C16H20ClN3O. The third-order valence-corrected chi connectivity index (χ3v) is 4.12. The number of hydrogen-bond acceptors (Lipinski definition) is 2. The van der Waals surface area contributed by atoms with E-state index in [1.807, 2.05) is 45.0 Å². The van der Waals surface area contributed by atoms with Gasteiger partial charge in [-0.15, -0.1) is 0 Å². The van der Waals surface area contributed by atoms with E-state index >= 15 is 0 Å². The van der Waals surface area contributed by atoms with Crippen LogP contribution in [0.3, 0.4) is 0 Å². The first kappa shape index (κ1) is 15.6. The molecule has 112 valence electrons. The van der Waals surface area contributed by atoms with Gasteiger partial charge in [-0.05, 0) is 25.8 Å². The Kier molecular flexibility index (Phi) is 4.68. The normalized spacial score (nSPS) is 12.2. The van der Waals surface area contributed by atoms with Crippen LogP contribution in [0.1, 0.15) is 46.7 Å². The fourth-order valence-electron chi connectivity index (χ4n) is 2.17. The Balaban J connectivity index is 2.20. The van der Waals surface area contributed by atoms with Crippen molar-refractivity contribution in [2.75, 3.05) is 0 Å². The lowest BCUT2D eigenvalue weighted by molar-refractivity contribution is 0.0930. The van der Waals surface area contributed by atoms with Gasteiger partial charge in [0.15, 0.2) is 5.69 Å². The number of aryl methyl sites for hydroxylation is 2. The Morgan fingerprint density at radius 3 is 2.43 bits per heavy atom. The van der Waals surface area contributed by atoms with Gasteiger partial charge in [0.2, 0.25) is 0 Å². The van der Waals surface area contributed by atoms with Crippen LogP contribution in [-0.2, 0) is 7.05 Å². The average molecular weight is 306 g/mol. The quantitative estimate of drug-likeness (QED) is 0.938. The summed E-state index contributed by atoms with van der Waals surface area (Å²) in [6.07, 6.45) is 0.804. The SMILES string of the molecule is CCC(NC(=O)c1nn(C)c(C)c1Cl)c1ccc(C)cc1. The monoisotopic (exact) mass is 305 g/mol. The van der Waals surface area contributed by atoms with Crippen molar-refractivity contribution in [1.82, 2.24) is 15.1 Å². The third-order valence-electron chi connectivity index (χ3n) is 3.67. The van der Waals surface area contributed by atoms with E-state index in [4.69, 9.17) is 11.6 Å². The zero-order chi connectivity index (χ0) is 15.6. The van der Waals surface area contributed by atoms with Gasteiger partial charge in [0.1, 0.15) is 0 Å². The summed E-state index contributed by atoms with van der Waals surface area (Å²) in [6, 6.07) is 8.12. The number of amides is 1. The standard InChI is InChI=1S/C16H20ClN3O/c1-5-13(12-8-6-10(2)7-9-12)18-16(21)15-14(17)11(3)20(4)19-15/h6-9,13H,5H2,1-4H3,(H,18,21). The second-order valence-electron chi connectivity index (χ2n) is 5.22. The zero-order valence-corrected chi connectivity index (χ0v) is 13.5. The van der Waals surface area contributed by atoms with Gasteiger partial charge in [-0.1, -0.05) is 48.4 Å². The van der Waals surface area contributed by atoms with Crippen LogP contribution in [0.4, 0.5) is 0 Å². The molecule has 1 aromatic heterocycles. The second-order valence-corrected chi connectivity index (χ2v) is 5.59. The van der Waals surface area contributed by atoms with E-state index in [0.29, 0.717) is 5.02 Å². The van der Waals surface area contributed by atoms with Crippen molar-refractivity contribution in [1.29, 1.82) is 0 Å². The molecule has 1 heterocycles. The lowest BCUT2D eigenvalue weighted by Gasteiger charge is -2.17. The minimum absolute atomic E-state index is 0.0449. The van der Waals surface area contributed by atoms with Gasteiger partial charge in [0, 0.05) is 7.05 Å². The molecule has 5 heteroatoms. The van der Waals surface area contributed by atoms with E-state index in [2.05, 4.69) is 10.4 Å². The maximum atomic E-state index is 12.4. The molecule has 21 heavy (non-hydrogen) atoms. The highest BCUT2D eigenvalue weighted by atomic mass is 35.5. The number of aromatic nitrogens is 2. The highest BCUT2D eigenvalue weighted by molar-refractivity contribution is 6.34. The van der Waals surface area contributed by atoms with Crippen molar-refractivity contribution in [2.24, 2.45) is 7.05 Å². The number of halogens is 1. The number of rotatable bonds is 4. The Morgan fingerprint density at radius 1 is 1.33 bits per heavy atom. The van der Waals surface area contributed by atoms with E-state index in [1.54, 1.807) is 11.7 Å². The summed E-state index contributed by atoms with van der Waals surface area (Å²) >= 11 is 6.16. The van der Waals surface area contributed by atoms with Gasteiger partial charge in [-0.3, -0.25) is 9.48 Å². The van der Waals surface area contributed by atoms with Gasteiger partial charge in [0.05, 0.1) is 16.8 Å². The predicted molar refractivity (Wildman–Crippen MR) is 84.6 cm³/mol. The molecule has 1 unspecified atom stereocenters. The maximum Gasteiger partial charge on any atom is 0.273 e. The molecule has 0 saturated carbocycles. The van der Waals surface area contributed by atoms with Gasteiger partial charge in [-0.2, -0.15) is 5.10 Å². The van der Waals surface area contributed by atoms with Crippen molar-refractivity contribution >= 4 is 17.5 Å². The fraction of sp³-hybridized carbons (Fsp3) is 0.375. The lowest BCUT2D eigenvalue weighted by atomic mass is 10.0. The highest BCUT2D eigenvalue weighted by Crippen LogP contribution is 2.22. The van der Waals surface area contributed by atoms with Gasteiger partial charge in [-0.25, -0.2) is 0 Å². The molecule has 1 aromatic carbocycles. The van der Waals surface area contributed by atoms with Gasteiger partial charge in [0.25, 0.3) is 5.91 Å². The number of nitrogens with one attached hydrogen (secondary N) is 1. The first-order valence-corrected chi connectivity index (χ1v) is 7.38. The minimum atomic E-state index is -0.240. The van der Waals surface area contributed by atoms with Crippen LogP contribution in [0.25, 0.3) is 0 Å². The van der Waals surface area contributed by atoms with Crippen LogP contribution in [-0.4, -0.2) is 15.7 Å². The molecule has 2 aromatic rings. The first-order chi connectivity index (χ1) is 9.93. The zero-order valence-electron chi connectivity index (χ0n) is 12.8. The summed E-state index contributed by atoms with van der Waals surface area (Å²) < 4.78 is 1.62. The summed E-state index contributed by atoms with van der Waals surface area (Å²) in [7, 11) is 1.77. The molecule has 0 aliphatic heterocycles. The van der Waals surface area contributed by atoms with Crippen LogP contribution >= 0.6 is 11.6 Å². The largest absolute Gasteiger partial charge is 0.344 e. The number of carbonyl (C=O) groups excluding carboxylic acids is 1. The molecule has 4 nitrogen and oxygen atoms in total. The Bertz CT molecular complexity index is 646. The summed E-state index contributed by atoms with van der Waals surface area (Å²) in [6.45, 7) is 5.92. The number of carbonyl (C=O) groups is 1. The topological polar surface area (TPSA) is 46.9 Å². The van der Waals surface area contributed by atoms with Gasteiger partial charge < -0.3 is 5.32 Å². The van der Waals surface area contributed by atoms with E-state index in [1.165, 1.54) is 5.56 Å². The Labute approximate surface area is 130 Å². The number of hydrogen-bond donors (Lipinski definition) is 1. The van der Waals surface area contributed by atoms with Crippen LogP contribution in [0, 0.1) is 13.8 Å². The van der Waals surface area contributed by atoms with Crippen molar-refractivity contribution in [3.05, 3.63) is 51.8 Å². The summed E-state index contributed by atoms with van der Waals surface area (Å²) in [4.78, 5) is 12.4. The molecule has 0 saturated heterocycles. The fourth-order valence-corrected chi connectivity index (χ4v) is 2.42. The van der Waals surface area contributed by atoms with Crippen LogP contribution < -0.4 is 5.32 Å². The van der Waals surface area contributed by atoms with E-state index in [9.17, 15) is 4.79 Å². The number of nitrogens with zero attached hydrogens (tertiary/aromatic N) is 2. The second kappa shape index (κ2) is 6.31. The number of benzene rings is 1.